The SMILES string of the molecule is CC(=O)NNC(=O)CSc1nc2cc3c(cc2cc1C)OCCO3. The van der Waals surface area contributed by atoms with Gasteiger partial charge in [-0.2, -0.15) is 0 Å². The van der Waals surface area contributed by atoms with E-state index in [2.05, 4.69) is 15.8 Å². The van der Waals surface area contributed by atoms with Crippen LogP contribution in [0.4, 0.5) is 0 Å². The van der Waals surface area contributed by atoms with E-state index in [9.17, 15) is 9.59 Å². The Hall–Kier alpha value is -2.48. The smallest absolute Gasteiger partial charge is 0.248 e. The largest absolute Gasteiger partial charge is 0.486 e. The summed E-state index contributed by atoms with van der Waals surface area (Å²) in [7, 11) is 0. The van der Waals surface area contributed by atoms with E-state index < -0.39 is 0 Å². The lowest BCUT2D eigenvalue weighted by Gasteiger charge is -2.19. The van der Waals surface area contributed by atoms with E-state index in [1.165, 1.54) is 18.7 Å². The molecule has 0 atom stereocenters. The Bertz CT molecular complexity index is 809. The monoisotopic (exact) mass is 347 g/mol. The summed E-state index contributed by atoms with van der Waals surface area (Å²) in [6, 6.07) is 5.78. The number of ether oxygens (including phenoxy) is 2. The number of carbonyl (C=O) groups excluding carboxylic acids is 2. The molecule has 0 fully saturated rings. The van der Waals surface area contributed by atoms with Crippen molar-refractivity contribution in [3.8, 4) is 11.5 Å². The molecule has 1 aromatic carbocycles. The molecule has 24 heavy (non-hydrogen) atoms. The highest BCUT2D eigenvalue weighted by Crippen LogP contribution is 2.35. The standard InChI is InChI=1S/C16H17N3O4S/c1-9-5-11-6-13-14(23-4-3-22-13)7-12(11)17-16(9)24-8-15(21)19-18-10(2)20/h5-7H,3-4,8H2,1-2H3,(H,18,20)(H,19,21). The molecule has 0 spiro atoms. The molecular formula is C16H17N3O4S. The molecule has 0 bridgehead atoms. The number of fused-ring (bicyclic) bond motifs is 2. The predicted octanol–water partition coefficient (Wildman–Crippen LogP) is 1.57. The van der Waals surface area contributed by atoms with Gasteiger partial charge >= 0.3 is 0 Å². The zero-order chi connectivity index (χ0) is 17.1. The van der Waals surface area contributed by atoms with E-state index in [4.69, 9.17) is 9.47 Å². The summed E-state index contributed by atoms with van der Waals surface area (Å²) in [6.07, 6.45) is 0. The van der Waals surface area contributed by atoms with Crippen molar-refractivity contribution in [3.63, 3.8) is 0 Å². The van der Waals surface area contributed by atoms with E-state index in [0.717, 1.165) is 27.2 Å². The molecule has 1 aromatic heterocycles. The summed E-state index contributed by atoms with van der Waals surface area (Å²) in [5.74, 6) is 0.956. The Labute approximate surface area is 143 Å². The Morgan fingerprint density at radius 2 is 1.88 bits per heavy atom. The minimum Gasteiger partial charge on any atom is -0.486 e. The van der Waals surface area contributed by atoms with Crippen molar-refractivity contribution >= 4 is 34.5 Å². The molecule has 8 heteroatoms. The maximum atomic E-state index is 11.7. The van der Waals surface area contributed by atoms with Gasteiger partial charge in [0.05, 0.1) is 11.3 Å². The van der Waals surface area contributed by atoms with Crippen molar-refractivity contribution in [2.45, 2.75) is 18.9 Å². The fourth-order valence-electron chi connectivity index (χ4n) is 2.27. The van der Waals surface area contributed by atoms with E-state index in [1.54, 1.807) is 0 Å². The maximum absolute atomic E-state index is 11.7. The van der Waals surface area contributed by atoms with Gasteiger partial charge in [-0.1, -0.05) is 11.8 Å². The summed E-state index contributed by atoms with van der Waals surface area (Å²) in [5.41, 5.74) is 6.34. The van der Waals surface area contributed by atoms with Crippen molar-refractivity contribution in [3.05, 3.63) is 23.8 Å². The van der Waals surface area contributed by atoms with Crippen LogP contribution in [0.2, 0.25) is 0 Å². The molecular weight excluding hydrogens is 330 g/mol. The zero-order valence-corrected chi connectivity index (χ0v) is 14.2. The van der Waals surface area contributed by atoms with Crippen molar-refractivity contribution in [2.24, 2.45) is 0 Å². The minimum atomic E-state index is -0.319. The molecule has 2 amide bonds. The van der Waals surface area contributed by atoms with Gasteiger partial charge in [-0.15, -0.1) is 0 Å². The molecule has 126 valence electrons. The van der Waals surface area contributed by atoms with Crippen LogP contribution in [0.5, 0.6) is 11.5 Å². The first kappa shape index (κ1) is 16.4. The molecule has 7 nitrogen and oxygen atoms in total. The Balaban J connectivity index is 1.77. The van der Waals surface area contributed by atoms with Crippen LogP contribution in [0.15, 0.2) is 23.2 Å². The van der Waals surface area contributed by atoms with Crippen molar-refractivity contribution < 1.29 is 19.1 Å². The van der Waals surface area contributed by atoms with Crippen molar-refractivity contribution in [1.29, 1.82) is 0 Å². The molecule has 2 N–H and O–H groups in total. The zero-order valence-electron chi connectivity index (χ0n) is 13.3. The molecule has 2 aromatic rings. The van der Waals surface area contributed by atoms with Crippen LogP contribution in [0, 0.1) is 6.92 Å². The number of aromatic nitrogens is 1. The van der Waals surface area contributed by atoms with E-state index in [-0.39, 0.29) is 17.6 Å². The normalized spacial score (nSPS) is 12.8. The van der Waals surface area contributed by atoms with Gasteiger partial charge in [0.1, 0.15) is 18.2 Å². The number of nitrogens with zero attached hydrogens (tertiary/aromatic N) is 1. The number of nitrogens with one attached hydrogen (secondary N) is 2. The van der Waals surface area contributed by atoms with Crippen molar-refractivity contribution in [2.75, 3.05) is 19.0 Å². The summed E-state index contributed by atoms with van der Waals surface area (Å²) < 4.78 is 11.2. The second kappa shape index (κ2) is 6.96. The van der Waals surface area contributed by atoms with Crippen molar-refractivity contribution in [1.82, 2.24) is 15.8 Å². The second-order valence-electron chi connectivity index (χ2n) is 5.32. The molecule has 0 unspecified atom stereocenters. The van der Waals surface area contributed by atoms with E-state index in [0.29, 0.717) is 19.0 Å². The first-order valence-corrected chi connectivity index (χ1v) is 8.41. The van der Waals surface area contributed by atoms with Crippen LogP contribution in [-0.2, 0) is 9.59 Å². The highest BCUT2D eigenvalue weighted by molar-refractivity contribution is 7.99. The minimum absolute atomic E-state index is 0.157. The highest BCUT2D eigenvalue weighted by atomic mass is 32.2. The lowest BCUT2D eigenvalue weighted by atomic mass is 10.1. The Morgan fingerprint density at radius 1 is 1.17 bits per heavy atom. The number of aryl methyl sites for hydroxylation is 1. The first-order chi connectivity index (χ1) is 11.5. The highest BCUT2D eigenvalue weighted by Gasteiger charge is 2.15. The lowest BCUT2D eigenvalue weighted by molar-refractivity contribution is -0.126. The van der Waals surface area contributed by atoms with Gasteiger partial charge in [0.25, 0.3) is 0 Å². The summed E-state index contributed by atoms with van der Waals surface area (Å²) >= 11 is 1.31. The fraction of sp³-hybridized carbons (Fsp3) is 0.312. The van der Waals surface area contributed by atoms with Crippen LogP contribution >= 0.6 is 11.8 Å². The quantitative estimate of drug-likeness (QED) is 0.647. The van der Waals surface area contributed by atoms with Crippen LogP contribution in [0.3, 0.4) is 0 Å². The van der Waals surface area contributed by atoms with Gasteiger partial charge in [-0.3, -0.25) is 20.4 Å². The second-order valence-corrected chi connectivity index (χ2v) is 6.28. The number of hydrogen-bond donors (Lipinski definition) is 2. The number of benzene rings is 1. The average Bonchev–Trinajstić information content (AvgIpc) is 2.56. The number of thioether (sulfide) groups is 1. The Kier molecular flexibility index (Phi) is 4.75. The number of carbonyl (C=O) groups is 2. The van der Waals surface area contributed by atoms with Gasteiger partial charge in [-0.05, 0) is 24.6 Å². The molecule has 0 radical (unpaired) electrons. The molecule has 1 aliphatic rings. The third kappa shape index (κ3) is 3.70. The molecule has 1 aliphatic heterocycles. The molecule has 0 saturated carbocycles. The number of hydrazine groups is 1. The molecule has 0 aliphatic carbocycles. The molecule has 2 heterocycles. The number of pyridine rings is 1. The van der Waals surface area contributed by atoms with Gasteiger partial charge in [0.15, 0.2) is 11.5 Å². The maximum Gasteiger partial charge on any atom is 0.248 e. The van der Waals surface area contributed by atoms with Crippen LogP contribution in [0.1, 0.15) is 12.5 Å². The Morgan fingerprint density at radius 3 is 2.58 bits per heavy atom. The van der Waals surface area contributed by atoms with Gasteiger partial charge < -0.3 is 9.47 Å². The predicted molar refractivity (Wildman–Crippen MR) is 90.2 cm³/mol. The average molecular weight is 347 g/mol. The summed E-state index contributed by atoms with van der Waals surface area (Å²) in [5, 5.41) is 1.72. The topological polar surface area (TPSA) is 89.6 Å². The van der Waals surface area contributed by atoms with E-state index >= 15 is 0 Å². The number of rotatable bonds is 3. The molecule has 0 saturated heterocycles. The van der Waals surface area contributed by atoms with Crippen LogP contribution < -0.4 is 20.3 Å². The van der Waals surface area contributed by atoms with Crippen LogP contribution in [-0.4, -0.2) is 35.8 Å². The fourth-order valence-corrected chi connectivity index (χ4v) is 3.06. The number of hydrogen-bond acceptors (Lipinski definition) is 6. The molecule has 3 rings (SSSR count). The summed E-state index contributed by atoms with van der Waals surface area (Å²) in [6.45, 7) is 4.34. The number of amides is 2. The third-order valence-electron chi connectivity index (χ3n) is 3.34. The third-order valence-corrected chi connectivity index (χ3v) is 4.43. The van der Waals surface area contributed by atoms with E-state index in [1.807, 2.05) is 25.1 Å². The first-order valence-electron chi connectivity index (χ1n) is 7.42. The van der Waals surface area contributed by atoms with Gasteiger partial charge in [-0.25, -0.2) is 4.98 Å². The van der Waals surface area contributed by atoms with Crippen LogP contribution in [0.25, 0.3) is 10.9 Å². The summed E-state index contributed by atoms with van der Waals surface area (Å²) in [4.78, 5) is 27.1. The van der Waals surface area contributed by atoms with Gasteiger partial charge in [0.2, 0.25) is 11.8 Å². The van der Waals surface area contributed by atoms with Gasteiger partial charge in [0, 0.05) is 18.4 Å². The lowest BCUT2D eigenvalue weighted by Crippen LogP contribution is -2.41.